The maximum absolute atomic E-state index is 13.3. The van der Waals surface area contributed by atoms with Gasteiger partial charge in [-0.2, -0.15) is 0 Å². The fraction of sp³-hybridized carbons (Fsp3) is 0.0500. The smallest absolute Gasteiger partial charge is 0.261 e. The third-order valence-corrected chi connectivity index (χ3v) is 5.26. The first-order valence-electron chi connectivity index (χ1n) is 8.10. The van der Waals surface area contributed by atoms with E-state index < -0.39 is 21.7 Å². The lowest BCUT2D eigenvalue weighted by Crippen LogP contribution is -2.15. The summed E-state index contributed by atoms with van der Waals surface area (Å²) in [6.07, 6.45) is 0. The summed E-state index contributed by atoms with van der Waals surface area (Å²) >= 11 is 0. The normalized spacial score (nSPS) is 11.0. The van der Waals surface area contributed by atoms with E-state index in [4.69, 9.17) is 0 Å². The summed E-state index contributed by atoms with van der Waals surface area (Å²) < 4.78 is 40.8. The van der Waals surface area contributed by atoms with E-state index in [2.05, 4.69) is 10.0 Å². The molecule has 0 aliphatic heterocycles. The number of benzene rings is 3. The Balaban J connectivity index is 1.83. The molecule has 0 heterocycles. The van der Waals surface area contributed by atoms with Gasteiger partial charge in [0.25, 0.3) is 15.9 Å². The highest BCUT2D eigenvalue weighted by atomic mass is 32.2. The number of hydrogen-bond donors (Lipinski definition) is 2. The molecule has 0 unspecified atom stereocenters. The molecule has 0 fully saturated rings. The van der Waals surface area contributed by atoms with E-state index in [-0.39, 0.29) is 10.5 Å². The van der Waals surface area contributed by atoms with Gasteiger partial charge in [-0.15, -0.1) is 0 Å². The van der Waals surface area contributed by atoms with Gasteiger partial charge in [0.1, 0.15) is 5.82 Å². The Morgan fingerprint density at radius 1 is 0.926 bits per heavy atom. The Morgan fingerprint density at radius 3 is 2.37 bits per heavy atom. The summed E-state index contributed by atoms with van der Waals surface area (Å²) in [5, 5.41) is 2.64. The van der Waals surface area contributed by atoms with Crippen LogP contribution in [0.5, 0.6) is 0 Å². The Kier molecular flexibility index (Phi) is 5.23. The maximum atomic E-state index is 13.3. The van der Waals surface area contributed by atoms with E-state index in [0.717, 1.165) is 6.07 Å². The molecule has 0 aliphatic rings. The van der Waals surface area contributed by atoms with Crippen molar-refractivity contribution in [2.45, 2.75) is 11.8 Å². The van der Waals surface area contributed by atoms with Crippen molar-refractivity contribution >= 4 is 27.3 Å². The minimum Gasteiger partial charge on any atom is -0.322 e. The van der Waals surface area contributed by atoms with Crippen LogP contribution in [0.15, 0.2) is 77.7 Å². The van der Waals surface area contributed by atoms with Gasteiger partial charge in [0.05, 0.1) is 10.6 Å². The predicted octanol–water partition coefficient (Wildman–Crippen LogP) is 4.19. The molecule has 0 aliphatic carbocycles. The topological polar surface area (TPSA) is 75.3 Å². The average Bonchev–Trinajstić information content (AvgIpc) is 2.65. The van der Waals surface area contributed by atoms with Crippen molar-refractivity contribution in [1.82, 2.24) is 0 Å². The van der Waals surface area contributed by atoms with Crippen LogP contribution in [0.1, 0.15) is 15.9 Å². The third kappa shape index (κ3) is 4.51. The number of rotatable bonds is 5. The molecule has 5 nitrogen and oxygen atoms in total. The van der Waals surface area contributed by atoms with Crippen molar-refractivity contribution in [2.75, 3.05) is 10.0 Å². The standard InChI is InChI=1S/C20H17FN2O3S/c1-14-10-11-17(22-20(24)15-6-5-7-16(21)12-15)13-19(14)23-27(25,26)18-8-3-2-4-9-18/h2-13,23H,1H3,(H,22,24). The number of nitrogens with one attached hydrogen (secondary N) is 2. The second-order valence-corrected chi connectivity index (χ2v) is 7.60. The molecule has 0 saturated heterocycles. The van der Waals surface area contributed by atoms with Gasteiger partial charge < -0.3 is 5.32 Å². The summed E-state index contributed by atoms with van der Waals surface area (Å²) in [5.41, 5.74) is 1.59. The summed E-state index contributed by atoms with van der Waals surface area (Å²) in [6.45, 7) is 1.75. The van der Waals surface area contributed by atoms with Crippen molar-refractivity contribution in [3.05, 3.63) is 89.7 Å². The average molecular weight is 384 g/mol. The van der Waals surface area contributed by atoms with Gasteiger partial charge in [-0.1, -0.05) is 30.3 Å². The van der Waals surface area contributed by atoms with E-state index in [1.807, 2.05) is 0 Å². The molecule has 3 aromatic carbocycles. The van der Waals surface area contributed by atoms with Crippen LogP contribution in [0.3, 0.4) is 0 Å². The fourth-order valence-corrected chi connectivity index (χ4v) is 3.59. The molecular weight excluding hydrogens is 367 g/mol. The Bertz CT molecular complexity index is 1080. The molecule has 0 radical (unpaired) electrons. The molecule has 0 atom stereocenters. The number of carbonyl (C=O) groups is 1. The molecular formula is C20H17FN2O3S. The monoisotopic (exact) mass is 384 g/mol. The summed E-state index contributed by atoms with van der Waals surface area (Å²) in [6, 6.07) is 18.2. The zero-order valence-corrected chi connectivity index (χ0v) is 15.3. The van der Waals surface area contributed by atoms with Crippen molar-refractivity contribution in [1.29, 1.82) is 0 Å². The number of halogens is 1. The first-order chi connectivity index (χ1) is 12.8. The zero-order chi connectivity index (χ0) is 19.4. The highest BCUT2D eigenvalue weighted by molar-refractivity contribution is 7.92. The van der Waals surface area contributed by atoms with Gasteiger partial charge in [-0.3, -0.25) is 9.52 Å². The van der Waals surface area contributed by atoms with Crippen LogP contribution in [-0.4, -0.2) is 14.3 Å². The molecule has 0 spiro atoms. The SMILES string of the molecule is Cc1ccc(NC(=O)c2cccc(F)c2)cc1NS(=O)(=O)c1ccccc1. The van der Waals surface area contributed by atoms with Crippen LogP contribution in [0.25, 0.3) is 0 Å². The summed E-state index contributed by atoms with van der Waals surface area (Å²) in [7, 11) is -3.75. The number of carbonyl (C=O) groups excluding carboxylic acids is 1. The first kappa shape index (κ1) is 18.6. The second kappa shape index (κ2) is 7.59. The van der Waals surface area contributed by atoms with Crippen LogP contribution in [-0.2, 0) is 10.0 Å². The third-order valence-electron chi connectivity index (χ3n) is 3.88. The van der Waals surface area contributed by atoms with Gasteiger partial charge in [0.15, 0.2) is 0 Å². The number of hydrogen-bond acceptors (Lipinski definition) is 3. The molecule has 0 aromatic heterocycles. The number of sulfonamides is 1. The lowest BCUT2D eigenvalue weighted by molar-refractivity contribution is 0.102. The molecule has 3 rings (SSSR count). The Labute approximate surface area is 156 Å². The van der Waals surface area contributed by atoms with Crippen molar-refractivity contribution in [3.8, 4) is 0 Å². The van der Waals surface area contributed by atoms with Crippen LogP contribution in [0.4, 0.5) is 15.8 Å². The maximum Gasteiger partial charge on any atom is 0.261 e. The fourth-order valence-electron chi connectivity index (χ4n) is 2.45. The molecule has 2 N–H and O–H groups in total. The summed E-state index contributed by atoms with van der Waals surface area (Å²) in [4.78, 5) is 12.4. The van der Waals surface area contributed by atoms with Crippen molar-refractivity contribution in [2.24, 2.45) is 0 Å². The molecule has 27 heavy (non-hydrogen) atoms. The number of aryl methyl sites for hydroxylation is 1. The van der Waals surface area contributed by atoms with Crippen LogP contribution in [0.2, 0.25) is 0 Å². The lowest BCUT2D eigenvalue weighted by atomic mass is 10.1. The van der Waals surface area contributed by atoms with Crippen LogP contribution in [0, 0.1) is 12.7 Å². The molecule has 0 bridgehead atoms. The van der Waals surface area contributed by atoms with Crippen molar-refractivity contribution in [3.63, 3.8) is 0 Å². The highest BCUT2D eigenvalue weighted by Gasteiger charge is 2.15. The first-order valence-corrected chi connectivity index (χ1v) is 9.59. The van der Waals surface area contributed by atoms with Gasteiger partial charge in [0.2, 0.25) is 0 Å². The molecule has 1 amide bonds. The Morgan fingerprint density at radius 2 is 1.67 bits per heavy atom. The van der Waals surface area contributed by atoms with E-state index in [0.29, 0.717) is 16.9 Å². The number of anilines is 2. The van der Waals surface area contributed by atoms with Gasteiger partial charge in [-0.05, 0) is 55.0 Å². The molecule has 138 valence electrons. The molecule has 3 aromatic rings. The number of amides is 1. The van der Waals surface area contributed by atoms with Crippen molar-refractivity contribution < 1.29 is 17.6 Å². The van der Waals surface area contributed by atoms with E-state index >= 15 is 0 Å². The van der Waals surface area contributed by atoms with E-state index in [1.165, 1.54) is 36.4 Å². The highest BCUT2D eigenvalue weighted by Crippen LogP contribution is 2.24. The van der Waals surface area contributed by atoms with Crippen LogP contribution >= 0.6 is 0 Å². The Hall–Kier alpha value is -3.19. The van der Waals surface area contributed by atoms with Gasteiger partial charge in [-0.25, -0.2) is 12.8 Å². The predicted molar refractivity (Wildman–Crippen MR) is 103 cm³/mol. The molecule has 0 saturated carbocycles. The van der Waals surface area contributed by atoms with Gasteiger partial charge >= 0.3 is 0 Å². The van der Waals surface area contributed by atoms with Crippen LogP contribution < -0.4 is 10.0 Å². The minimum atomic E-state index is -3.75. The largest absolute Gasteiger partial charge is 0.322 e. The molecule has 7 heteroatoms. The minimum absolute atomic E-state index is 0.138. The summed E-state index contributed by atoms with van der Waals surface area (Å²) in [5.74, 6) is -1.00. The second-order valence-electron chi connectivity index (χ2n) is 5.91. The lowest BCUT2D eigenvalue weighted by Gasteiger charge is -2.13. The van der Waals surface area contributed by atoms with E-state index in [9.17, 15) is 17.6 Å². The zero-order valence-electron chi connectivity index (χ0n) is 14.4. The quantitative estimate of drug-likeness (QED) is 0.693. The van der Waals surface area contributed by atoms with E-state index in [1.54, 1.807) is 37.3 Å². The van der Waals surface area contributed by atoms with Gasteiger partial charge in [0, 0.05) is 11.3 Å².